The van der Waals surface area contributed by atoms with E-state index in [9.17, 15) is 9.59 Å². The Labute approximate surface area is 160 Å². The number of amides is 2. The Hall–Kier alpha value is -2.63. The quantitative estimate of drug-likeness (QED) is 0.877. The van der Waals surface area contributed by atoms with E-state index in [0.29, 0.717) is 28.8 Å². The Morgan fingerprint density at radius 1 is 1.22 bits per heavy atom. The van der Waals surface area contributed by atoms with E-state index in [2.05, 4.69) is 24.1 Å². The van der Waals surface area contributed by atoms with Gasteiger partial charge in [-0.2, -0.15) is 0 Å². The van der Waals surface area contributed by atoms with Crippen molar-refractivity contribution in [2.24, 2.45) is 5.92 Å². The predicted molar refractivity (Wildman–Crippen MR) is 103 cm³/mol. The number of nitrogens with zero attached hydrogens (tertiary/aromatic N) is 2. The van der Waals surface area contributed by atoms with E-state index < -0.39 is 0 Å². The Bertz CT molecular complexity index is 803. The smallest absolute Gasteiger partial charge is 0.276 e. The van der Waals surface area contributed by atoms with E-state index in [4.69, 9.17) is 4.42 Å². The largest absolute Gasteiger partial charge is 0.443 e. The Morgan fingerprint density at radius 3 is 2.52 bits per heavy atom. The van der Waals surface area contributed by atoms with E-state index in [1.54, 1.807) is 19.1 Å². The maximum Gasteiger partial charge on any atom is 0.276 e. The summed E-state index contributed by atoms with van der Waals surface area (Å²) in [4.78, 5) is 31.1. The van der Waals surface area contributed by atoms with E-state index in [1.807, 2.05) is 17.0 Å². The number of aryl methyl sites for hydroxylation is 2. The van der Waals surface area contributed by atoms with Crippen molar-refractivity contribution in [3.8, 4) is 0 Å². The average molecular weight is 369 g/mol. The first kappa shape index (κ1) is 19.1. The number of aromatic nitrogens is 1. The normalized spacial score (nSPS) is 15.0. The molecule has 2 aromatic rings. The number of carbonyl (C=O) groups is 2. The van der Waals surface area contributed by atoms with Crippen molar-refractivity contribution in [1.29, 1.82) is 0 Å². The van der Waals surface area contributed by atoms with Crippen molar-refractivity contribution in [3.63, 3.8) is 0 Å². The van der Waals surface area contributed by atoms with Gasteiger partial charge in [-0.15, -0.1) is 0 Å². The fourth-order valence-electron chi connectivity index (χ4n) is 3.24. The molecule has 1 aromatic carbocycles. The summed E-state index contributed by atoms with van der Waals surface area (Å²) in [5.41, 5.74) is 2.13. The highest BCUT2D eigenvalue weighted by atomic mass is 16.4. The van der Waals surface area contributed by atoms with Crippen LogP contribution in [0.3, 0.4) is 0 Å². The Balaban J connectivity index is 1.60. The molecule has 0 spiro atoms. The van der Waals surface area contributed by atoms with Gasteiger partial charge in [-0.1, -0.05) is 26.0 Å². The van der Waals surface area contributed by atoms with E-state index in [0.717, 1.165) is 32.4 Å². The van der Waals surface area contributed by atoms with Crippen LogP contribution in [0.2, 0.25) is 0 Å². The molecule has 1 aliphatic heterocycles. The van der Waals surface area contributed by atoms with Crippen LogP contribution < -0.4 is 5.32 Å². The monoisotopic (exact) mass is 369 g/mol. The minimum Gasteiger partial charge on any atom is -0.443 e. The topological polar surface area (TPSA) is 75.4 Å². The van der Waals surface area contributed by atoms with Crippen LogP contribution in [0.1, 0.15) is 64.7 Å². The number of carbonyl (C=O) groups excluding carboxylic acids is 2. The number of rotatable bonds is 5. The van der Waals surface area contributed by atoms with Gasteiger partial charge in [0.25, 0.3) is 11.8 Å². The van der Waals surface area contributed by atoms with Crippen LogP contribution in [0.4, 0.5) is 0 Å². The lowest BCUT2D eigenvalue weighted by atomic mass is 9.99. The summed E-state index contributed by atoms with van der Waals surface area (Å²) < 4.78 is 5.60. The van der Waals surface area contributed by atoms with Crippen molar-refractivity contribution in [1.82, 2.24) is 15.2 Å². The SMILES string of the molecule is CCc1ccc(C(=O)NCc2nc(C(=O)N3CCC(C)CC3)c(C)o2)cc1. The zero-order valence-corrected chi connectivity index (χ0v) is 16.2. The van der Waals surface area contributed by atoms with Crippen LogP contribution in [0.15, 0.2) is 28.7 Å². The second-order valence-electron chi connectivity index (χ2n) is 7.22. The highest BCUT2D eigenvalue weighted by Crippen LogP contribution is 2.20. The third-order valence-electron chi connectivity index (χ3n) is 5.14. The molecule has 0 radical (unpaired) electrons. The van der Waals surface area contributed by atoms with Gasteiger partial charge in [0.2, 0.25) is 5.89 Å². The van der Waals surface area contributed by atoms with Crippen molar-refractivity contribution < 1.29 is 14.0 Å². The van der Waals surface area contributed by atoms with Gasteiger partial charge >= 0.3 is 0 Å². The minimum atomic E-state index is -0.189. The van der Waals surface area contributed by atoms with Gasteiger partial charge in [-0.25, -0.2) is 4.98 Å². The minimum absolute atomic E-state index is 0.0871. The summed E-state index contributed by atoms with van der Waals surface area (Å²) in [7, 11) is 0. The van der Waals surface area contributed by atoms with Crippen LogP contribution in [0.25, 0.3) is 0 Å². The molecule has 0 unspecified atom stereocenters. The van der Waals surface area contributed by atoms with Crippen molar-refractivity contribution in [3.05, 3.63) is 52.7 Å². The molecule has 1 aliphatic rings. The van der Waals surface area contributed by atoms with Gasteiger partial charge in [0.1, 0.15) is 5.76 Å². The van der Waals surface area contributed by atoms with Gasteiger partial charge in [0.05, 0.1) is 6.54 Å². The fraction of sp³-hybridized carbons (Fsp3) is 0.476. The van der Waals surface area contributed by atoms with Crippen molar-refractivity contribution in [2.45, 2.75) is 46.6 Å². The molecule has 6 heteroatoms. The molecular formula is C21H27N3O3. The lowest BCUT2D eigenvalue weighted by Gasteiger charge is -2.29. The van der Waals surface area contributed by atoms with Crippen LogP contribution in [-0.2, 0) is 13.0 Å². The summed E-state index contributed by atoms with van der Waals surface area (Å²) in [6.07, 6.45) is 2.97. The highest BCUT2D eigenvalue weighted by molar-refractivity contribution is 5.94. The number of nitrogens with one attached hydrogen (secondary N) is 1. The predicted octanol–water partition coefficient (Wildman–Crippen LogP) is 3.35. The standard InChI is InChI=1S/C21H27N3O3/c1-4-16-5-7-17(8-6-16)20(25)22-13-18-23-19(15(3)27-18)21(26)24-11-9-14(2)10-12-24/h5-8,14H,4,9-13H2,1-3H3,(H,22,25). The van der Waals surface area contributed by atoms with Crippen LogP contribution in [0.5, 0.6) is 0 Å². The molecular weight excluding hydrogens is 342 g/mol. The number of piperidine rings is 1. The molecule has 1 N–H and O–H groups in total. The van der Waals surface area contributed by atoms with Gasteiger partial charge in [-0.05, 0) is 49.8 Å². The lowest BCUT2D eigenvalue weighted by Crippen LogP contribution is -2.38. The van der Waals surface area contributed by atoms with Crippen LogP contribution in [-0.4, -0.2) is 34.8 Å². The van der Waals surface area contributed by atoms with E-state index >= 15 is 0 Å². The van der Waals surface area contributed by atoms with Crippen molar-refractivity contribution in [2.75, 3.05) is 13.1 Å². The van der Waals surface area contributed by atoms with E-state index in [-0.39, 0.29) is 18.4 Å². The van der Waals surface area contributed by atoms with Crippen LogP contribution in [0, 0.1) is 12.8 Å². The molecule has 1 fully saturated rings. The van der Waals surface area contributed by atoms with E-state index in [1.165, 1.54) is 5.56 Å². The lowest BCUT2D eigenvalue weighted by molar-refractivity contribution is 0.0690. The molecule has 0 saturated carbocycles. The molecule has 2 amide bonds. The van der Waals surface area contributed by atoms with Gasteiger partial charge in [0.15, 0.2) is 5.69 Å². The summed E-state index contributed by atoms with van der Waals surface area (Å²) in [5, 5.41) is 2.80. The molecule has 27 heavy (non-hydrogen) atoms. The molecule has 6 nitrogen and oxygen atoms in total. The second kappa shape index (κ2) is 8.37. The molecule has 0 atom stereocenters. The number of oxazole rings is 1. The molecule has 3 rings (SSSR count). The van der Waals surface area contributed by atoms with Gasteiger partial charge in [0, 0.05) is 18.7 Å². The third-order valence-corrected chi connectivity index (χ3v) is 5.14. The maximum atomic E-state index is 12.7. The molecule has 0 bridgehead atoms. The number of hydrogen-bond acceptors (Lipinski definition) is 4. The van der Waals surface area contributed by atoms with Crippen molar-refractivity contribution >= 4 is 11.8 Å². The zero-order chi connectivity index (χ0) is 19.4. The molecule has 1 saturated heterocycles. The maximum absolute atomic E-state index is 12.7. The number of hydrogen-bond donors (Lipinski definition) is 1. The molecule has 0 aliphatic carbocycles. The van der Waals surface area contributed by atoms with Gasteiger partial charge < -0.3 is 14.6 Å². The average Bonchev–Trinajstić information content (AvgIpc) is 3.07. The summed E-state index contributed by atoms with van der Waals surface area (Å²) in [6, 6.07) is 7.50. The molecule has 1 aromatic heterocycles. The second-order valence-corrected chi connectivity index (χ2v) is 7.22. The first-order chi connectivity index (χ1) is 13.0. The Kier molecular flexibility index (Phi) is 5.94. The fourth-order valence-corrected chi connectivity index (χ4v) is 3.24. The summed E-state index contributed by atoms with van der Waals surface area (Å²) in [5.74, 6) is 1.22. The Morgan fingerprint density at radius 2 is 1.89 bits per heavy atom. The first-order valence-electron chi connectivity index (χ1n) is 9.60. The number of benzene rings is 1. The van der Waals surface area contributed by atoms with Crippen LogP contribution >= 0.6 is 0 Å². The zero-order valence-electron chi connectivity index (χ0n) is 16.2. The molecule has 2 heterocycles. The molecule has 144 valence electrons. The number of likely N-dealkylation sites (tertiary alicyclic amines) is 1. The summed E-state index contributed by atoms with van der Waals surface area (Å²) >= 11 is 0. The third kappa shape index (κ3) is 4.56. The highest BCUT2D eigenvalue weighted by Gasteiger charge is 2.26. The first-order valence-corrected chi connectivity index (χ1v) is 9.60. The van der Waals surface area contributed by atoms with Gasteiger partial charge in [-0.3, -0.25) is 9.59 Å². The summed E-state index contributed by atoms with van der Waals surface area (Å²) in [6.45, 7) is 7.68.